The van der Waals surface area contributed by atoms with E-state index in [0.717, 1.165) is 38.8 Å². The van der Waals surface area contributed by atoms with Crippen LogP contribution in [0.1, 0.15) is 32.1 Å². The Kier molecular flexibility index (Phi) is 4.42. The van der Waals surface area contributed by atoms with Gasteiger partial charge in [-0.05, 0) is 12.8 Å². The molecule has 2 aliphatic rings. The number of carbonyl (C=O) groups excluding carboxylic acids is 1. The van der Waals surface area contributed by atoms with Gasteiger partial charge >= 0.3 is 5.97 Å². The number of carboxylic acid groups (broad SMARTS) is 1. The SMILES string of the molecule is NC1(C(=O)N2CCN(CCC(=O)O)CC2)CCCC1. The Morgan fingerprint density at radius 3 is 2.21 bits per heavy atom. The van der Waals surface area contributed by atoms with E-state index >= 15 is 0 Å². The third kappa shape index (κ3) is 3.45. The molecule has 2 fully saturated rings. The maximum Gasteiger partial charge on any atom is 0.304 e. The predicted octanol–water partition coefficient (Wildman–Crippen LogP) is -0.123. The minimum absolute atomic E-state index is 0.0860. The van der Waals surface area contributed by atoms with Crippen LogP contribution in [0.25, 0.3) is 0 Å². The quantitative estimate of drug-likeness (QED) is 0.743. The fourth-order valence-corrected chi connectivity index (χ4v) is 2.96. The molecule has 1 saturated heterocycles. The Bertz CT molecular complexity index is 345. The van der Waals surface area contributed by atoms with Gasteiger partial charge in [0.05, 0.1) is 12.0 Å². The van der Waals surface area contributed by atoms with Crippen LogP contribution in [0.2, 0.25) is 0 Å². The maximum atomic E-state index is 12.4. The van der Waals surface area contributed by atoms with E-state index in [9.17, 15) is 9.59 Å². The summed E-state index contributed by atoms with van der Waals surface area (Å²) in [7, 11) is 0. The minimum atomic E-state index is -0.773. The van der Waals surface area contributed by atoms with Crippen LogP contribution in [-0.4, -0.2) is 65.0 Å². The molecule has 0 unspecified atom stereocenters. The van der Waals surface area contributed by atoms with Crippen LogP contribution in [0.4, 0.5) is 0 Å². The second-order valence-electron chi connectivity index (χ2n) is 5.64. The number of amides is 1. The van der Waals surface area contributed by atoms with E-state index in [4.69, 9.17) is 10.8 Å². The second kappa shape index (κ2) is 5.88. The fraction of sp³-hybridized carbons (Fsp3) is 0.846. The standard InChI is InChI=1S/C13H23N3O3/c14-13(4-1-2-5-13)12(19)16-9-7-15(8-10-16)6-3-11(17)18/h1-10,14H2,(H,17,18). The first kappa shape index (κ1) is 14.3. The Morgan fingerprint density at radius 1 is 1.11 bits per heavy atom. The number of aliphatic carboxylic acids is 1. The number of carboxylic acids is 1. The predicted molar refractivity (Wildman–Crippen MR) is 70.7 cm³/mol. The van der Waals surface area contributed by atoms with Crippen molar-refractivity contribution in [2.75, 3.05) is 32.7 Å². The molecule has 19 heavy (non-hydrogen) atoms. The first-order valence-electron chi connectivity index (χ1n) is 7.04. The number of piperazine rings is 1. The molecular formula is C13H23N3O3. The molecule has 0 aromatic heterocycles. The van der Waals surface area contributed by atoms with Gasteiger partial charge in [-0.1, -0.05) is 12.8 Å². The van der Waals surface area contributed by atoms with Crippen molar-refractivity contribution in [3.05, 3.63) is 0 Å². The molecule has 1 aliphatic carbocycles. The summed E-state index contributed by atoms with van der Waals surface area (Å²) >= 11 is 0. The molecule has 6 heteroatoms. The van der Waals surface area contributed by atoms with Gasteiger partial charge < -0.3 is 15.7 Å². The Balaban J connectivity index is 1.79. The molecule has 0 aromatic carbocycles. The summed E-state index contributed by atoms with van der Waals surface area (Å²) in [6.07, 6.45) is 3.84. The molecule has 0 spiro atoms. The molecule has 1 heterocycles. The topological polar surface area (TPSA) is 86.9 Å². The zero-order valence-corrected chi connectivity index (χ0v) is 11.3. The molecule has 0 atom stereocenters. The third-order valence-electron chi connectivity index (χ3n) is 4.22. The van der Waals surface area contributed by atoms with Gasteiger partial charge in [0.1, 0.15) is 0 Å². The molecule has 3 N–H and O–H groups in total. The summed E-state index contributed by atoms with van der Waals surface area (Å²) in [4.78, 5) is 26.8. The maximum absolute atomic E-state index is 12.4. The highest BCUT2D eigenvalue weighted by Crippen LogP contribution is 2.29. The summed E-state index contributed by atoms with van der Waals surface area (Å²) < 4.78 is 0. The molecular weight excluding hydrogens is 246 g/mol. The molecule has 1 aliphatic heterocycles. The molecule has 1 amide bonds. The van der Waals surface area contributed by atoms with Crippen molar-refractivity contribution >= 4 is 11.9 Å². The van der Waals surface area contributed by atoms with Gasteiger partial charge in [0.25, 0.3) is 0 Å². The van der Waals surface area contributed by atoms with Gasteiger partial charge in [0.15, 0.2) is 0 Å². The van der Waals surface area contributed by atoms with E-state index in [1.54, 1.807) is 0 Å². The molecule has 108 valence electrons. The summed E-state index contributed by atoms with van der Waals surface area (Å²) in [5.41, 5.74) is 5.55. The molecule has 0 aromatic rings. The number of carbonyl (C=O) groups is 2. The number of nitrogens with zero attached hydrogens (tertiary/aromatic N) is 2. The average Bonchev–Trinajstić information content (AvgIpc) is 2.84. The summed E-state index contributed by atoms with van der Waals surface area (Å²) in [5.74, 6) is -0.687. The smallest absolute Gasteiger partial charge is 0.304 e. The van der Waals surface area contributed by atoms with Crippen molar-refractivity contribution in [2.45, 2.75) is 37.6 Å². The largest absolute Gasteiger partial charge is 0.481 e. The first-order chi connectivity index (χ1) is 9.01. The second-order valence-corrected chi connectivity index (χ2v) is 5.64. The van der Waals surface area contributed by atoms with Gasteiger partial charge in [-0.2, -0.15) is 0 Å². The van der Waals surface area contributed by atoms with E-state index in [-0.39, 0.29) is 12.3 Å². The highest BCUT2D eigenvalue weighted by molar-refractivity contribution is 5.86. The summed E-state index contributed by atoms with van der Waals surface area (Å²) in [6.45, 7) is 3.38. The van der Waals surface area contributed by atoms with Crippen molar-refractivity contribution < 1.29 is 14.7 Å². The first-order valence-corrected chi connectivity index (χ1v) is 7.04. The van der Waals surface area contributed by atoms with E-state index in [1.807, 2.05) is 4.90 Å². The van der Waals surface area contributed by atoms with E-state index < -0.39 is 11.5 Å². The monoisotopic (exact) mass is 269 g/mol. The molecule has 0 bridgehead atoms. The van der Waals surface area contributed by atoms with Crippen LogP contribution in [0.5, 0.6) is 0 Å². The number of rotatable bonds is 4. The number of hydrogen-bond donors (Lipinski definition) is 2. The third-order valence-corrected chi connectivity index (χ3v) is 4.22. The molecule has 6 nitrogen and oxygen atoms in total. The van der Waals surface area contributed by atoms with Crippen LogP contribution in [0.3, 0.4) is 0 Å². The lowest BCUT2D eigenvalue weighted by atomic mass is 9.97. The van der Waals surface area contributed by atoms with Crippen molar-refractivity contribution in [1.29, 1.82) is 0 Å². The van der Waals surface area contributed by atoms with E-state index in [2.05, 4.69) is 4.90 Å². The number of hydrogen-bond acceptors (Lipinski definition) is 4. The summed E-state index contributed by atoms with van der Waals surface area (Å²) in [6, 6.07) is 0. The van der Waals surface area contributed by atoms with Crippen molar-refractivity contribution in [3.63, 3.8) is 0 Å². The summed E-state index contributed by atoms with van der Waals surface area (Å²) in [5, 5.41) is 8.65. The molecule has 0 radical (unpaired) electrons. The van der Waals surface area contributed by atoms with Gasteiger partial charge in [-0.25, -0.2) is 0 Å². The van der Waals surface area contributed by atoms with E-state index in [0.29, 0.717) is 19.6 Å². The fourth-order valence-electron chi connectivity index (χ4n) is 2.96. The van der Waals surface area contributed by atoms with Crippen molar-refractivity contribution in [2.24, 2.45) is 5.73 Å². The van der Waals surface area contributed by atoms with Gasteiger partial charge in [0.2, 0.25) is 5.91 Å². The van der Waals surface area contributed by atoms with Gasteiger partial charge in [0, 0.05) is 32.7 Å². The zero-order chi connectivity index (χ0) is 13.9. The Hall–Kier alpha value is -1.14. The van der Waals surface area contributed by atoms with Gasteiger partial charge in [-0.3, -0.25) is 14.5 Å². The zero-order valence-electron chi connectivity index (χ0n) is 11.3. The lowest BCUT2D eigenvalue weighted by Gasteiger charge is -2.38. The average molecular weight is 269 g/mol. The normalized spacial score (nSPS) is 23.5. The highest BCUT2D eigenvalue weighted by atomic mass is 16.4. The number of nitrogens with two attached hydrogens (primary N) is 1. The van der Waals surface area contributed by atoms with Crippen LogP contribution in [0.15, 0.2) is 0 Å². The van der Waals surface area contributed by atoms with Crippen LogP contribution in [0, 0.1) is 0 Å². The van der Waals surface area contributed by atoms with Crippen LogP contribution in [-0.2, 0) is 9.59 Å². The molecule has 1 saturated carbocycles. The minimum Gasteiger partial charge on any atom is -0.481 e. The Labute approximate surface area is 113 Å². The van der Waals surface area contributed by atoms with Crippen molar-refractivity contribution in [3.8, 4) is 0 Å². The van der Waals surface area contributed by atoms with Crippen LogP contribution < -0.4 is 5.73 Å². The van der Waals surface area contributed by atoms with Gasteiger partial charge in [-0.15, -0.1) is 0 Å². The van der Waals surface area contributed by atoms with E-state index in [1.165, 1.54) is 0 Å². The highest BCUT2D eigenvalue weighted by Gasteiger charge is 2.40. The lowest BCUT2D eigenvalue weighted by Crippen LogP contribution is -2.58. The Morgan fingerprint density at radius 2 is 1.68 bits per heavy atom. The van der Waals surface area contributed by atoms with Crippen molar-refractivity contribution in [1.82, 2.24) is 9.80 Å². The van der Waals surface area contributed by atoms with Crippen LogP contribution >= 0.6 is 0 Å². The lowest BCUT2D eigenvalue weighted by molar-refractivity contribution is -0.140. The molecule has 2 rings (SSSR count).